The first kappa shape index (κ1) is 14.5. The predicted molar refractivity (Wildman–Crippen MR) is 69.0 cm³/mol. The van der Waals surface area contributed by atoms with Crippen LogP contribution in [0.15, 0.2) is 0 Å². The van der Waals surface area contributed by atoms with Gasteiger partial charge < -0.3 is 15.0 Å². The van der Waals surface area contributed by atoms with Crippen molar-refractivity contribution in [2.75, 3.05) is 20.2 Å². The second-order valence-electron chi connectivity index (χ2n) is 5.56. The van der Waals surface area contributed by atoms with Crippen molar-refractivity contribution in [3.8, 4) is 0 Å². The maximum absolute atomic E-state index is 12.4. The van der Waals surface area contributed by atoms with Gasteiger partial charge in [0.25, 0.3) is 5.91 Å². The number of carbonyl (C=O) groups is 1. The zero-order valence-electron chi connectivity index (χ0n) is 11.7. The highest BCUT2D eigenvalue weighted by Crippen LogP contribution is 2.17. The van der Waals surface area contributed by atoms with E-state index in [1.165, 1.54) is 6.42 Å². The van der Waals surface area contributed by atoms with Crippen LogP contribution in [-0.2, 0) is 9.53 Å². The third-order valence-corrected chi connectivity index (χ3v) is 3.49. The monoisotopic (exact) mass is 242 g/mol. The molecule has 0 aliphatic carbocycles. The van der Waals surface area contributed by atoms with Gasteiger partial charge in [0.15, 0.2) is 0 Å². The van der Waals surface area contributed by atoms with Crippen molar-refractivity contribution in [2.24, 2.45) is 0 Å². The van der Waals surface area contributed by atoms with E-state index in [9.17, 15) is 4.79 Å². The molecule has 1 rings (SSSR count). The molecule has 1 fully saturated rings. The molecule has 100 valence electrons. The van der Waals surface area contributed by atoms with Gasteiger partial charge in [0.2, 0.25) is 0 Å². The largest absolute Gasteiger partial charge is 0.369 e. The van der Waals surface area contributed by atoms with Crippen LogP contribution in [0, 0.1) is 0 Å². The Labute approximate surface area is 105 Å². The number of hydrogen-bond donors (Lipinski definition) is 1. The van der Waals surface area contributed by atoms with Crippen LogP contribution in [0.1, 0.15) is 40.5 Å². The molecule has 0 spiro atoms. The van der Waals surface area contributed by atoms with Gasteiger partial charge in [0, 0.05) is 25.7 Å². The first-order valence-electron chi connectivity index (χ1n) is 6.48. The maximum Gasteiger partial charge on any atom is 0.254 e. The van der Waals surface area contributed by atoms with Gasteiger partial charge in [-0.25, -0.2) is 0 Å². The lowest BCUT2D eigenvalue weighted by molar-refractivity contribution is -0.153. The molecule has 1 unspecified atom stereocenters. The van der Waals surface area contributed by atoms with Crippen LogP contribution in [0.25, 0.3) is 0 Å². The van der Waals surface area contributed by atoms with E-state index >= 15 is 0 Å². The van der Waals surface area contributed by atoms with Crippen LogP contribution in [0.4, 0.5) is 0 Å². The van der Waals surface area contributed by atoms with Gasteiger partial charge in [-0.15, -0.1) is 0 Å². The zero-order valence-corrected chi connectivity index (χ0v) is 11.7. The Hall–Kier alpha value is -0.610. The van der Waals surface area contributed by atoms with E-state index in [-0.39, 0.29) is 11.9 Å². The summed E-state index contributed by atoms with van der Waals surface area (Å²) in [7, 11) is 1.59. The van der Waals surface area contributed by atoms with Crippen LogP contribution in [0.3, 0.4) is 0 Å². The second-order valence-corrected chi connectivity index (χ2v) is 5.56. The van der Waals surface area contributed by atoms with Crippen molar-refractivity contribution in [1.29, 1.82) is 0 Å². The van der Waals surface area contributed by atoms with E-state index in [1.54, 1.807) is 7.11 Å². The fraction of sp³-hybridized carbons (Fsp3) is 0.923. The van der Waals surface area contributed by atoms with Crippen LogP contribution in [0.5, 0.6) is 0 Å². The summed E-state index contributed by atoms with van der Waals surface area (Å²) in [5, 5.41) is 3.43. The normalized spacial score (nSPS) is 20.9. The Balaban J connectivity index is 2.67. The summed E-state index contributed by atoms with van der Waals surface area (Å²) in [6.07, 6.45) is 2.36. The number of ether oxygens (including phenoxy) is 1. The SMILES string of the molecule is COC(C)(C)C(=O)N(CC1CCCN1)C(C)C. The predicted octanol–water partition coefficient (Wildman–Crippen LogP) is 1.40. The third-order valence-electron chi connectivity index (χ3n) is 3.49. The molecule has 17 heavy (non-hydrogen) atoms. The average molecular weight is 242 g/mol. The maximum atomic E-state index is 12.4. The molecule has 1 heterocycles. The van der Waals surface area contributed by atoms with Gasteiger partial charge in [-0.2, -0.15) is 0 Å². The van der Waals surface area contributed by atoms with Crippen LogP contribution in [-0.4, -0.2) is 48.7 Å². The Morgan fingerprint density at radius 2 is 2.18 bits per heavy atom. The van der Waals surface area contributed by atoms with E-state index in [4.69, 9.17) is 4.74 Å². The molecule has 1 saturated heterocycles. The van der Waals surface area contributed by atoms with Crippen molar-refractivity contribution < 1.29 is 9.53 Å². The van der Waals surface area contributed by atoms with Crippen molar-refractivity contribution >= 4 is 5.91 Å². The lowest BCUT2D eigenvalue weighted by Crippen LogP contribution is -2.52. The van der Waals surface area contributed by atoms with E-state index in [1.807, 2.05) is 18.7 Å². The summed E-state index contributed by atoms with van der Waals surface area (Å²) in [5.41, 5.74) is -0.733. The third kappa shape index (κ3) is 3.68. The smallest absolute Gasteiger partial charge is 0.254 e. The Morgan fingerprint density at radius 3 is 2.59 bits per heavy atom. The van der Waals surface area contributed by atoms with Gasteiger partial charge in [-0.3, -0.25) is 4.79 Å². The first-order chi connectivity index (χ1) is 7.88. The molecule has 1 N–H and O–H groups in total. The number of rotatable bonds is 5. The molecular formula is C13H26N2O2. The minimum absolute atomic E-state index is 0.0729. The standard InChI is InChI=1S/C13H26N2O2/c1-10(2)15(9-11-7-6-8-14-11)12(16)13(3,4)17-5/h10-11,14H,6-9H2,1-5H3. The van der Waals surface area contributed by atoms with Gasteiger partial charge >= 0.3 is 0 Å². The highest BCUT2D eigenvalue weighted by Gasteiger charge is 2.34. The molecule has 0 radical (unpaired) electrons. The summed E-state index contributed by atoms with van der Waals surface area (Å²) in [6.45, 7) is 9.61. The average Bonchev–Trinajstić information content (AvgIpc) is 2.77. The molecule has 4 nitrogen and oxygen atoms in total. The van der Waals surface area contributed by atoms with E-state index in [0.717, 1.165) is 19.5 Å². The lowest BCUT2D eigenvalue weighted by atomic mass is 10.1. The number of methoxy groups -OCH3 is 1. The fourth-order valence-corrected chi connectivity index (χ4v) is 2.11. The number of amides is 1. The highest BCUT2D eigenvalue weighted by molar-refractivity contribution is 5.84. The summed E-state index contributed by atoms with van der Waals surface area (Å²) < 4.78 is 5.28. The van der Waals surface area contributed by atoms with Gasteiger partial charge in [-0.1, -0.05) is 0 Å². The first-order valence-corrected chi connectivity index (χ1v) is 6.48. The number of hydrogen-bond acceptors (Lipinski definition) is 3. The summed E-state index contributed by atoms with van der Waals surface area (Å²) in [5.74, 6) is 0.0729. The van der Waals surface area contributed by atoms with E-state index in [0.29, 0.717) is 6.04 Å². The topological polar surface area (TPSA) is 41.6 Å². The minimum atomic E-state index is -0.733. The molecular weight excluding hydrogens is 216 g/mol. The highest BCUT2D eigenvalue weighted by atomic mass is 16.5. The van der Waals surface area contributed by atoms with Gasteiger partial charge in [-0.05, 0) is 47.1 Å². The number of nitrogens with one attached hydrogen (secondary N) is 1. The summed E-state index contributed by atoms with van der Waals surface area (Å²) >= 11 is 0. The second kappa shape index (κ2) is 5.83. The molecule has 0 bridgehead atoms. The van der Waals surface area contributed by atoms with Crippen molar-refractivity contribution in [3.05, 3.63) is 0 Å². The minimum Gasteiger partial charge on any atom is -0.369 e. The zero-order chi connectivity index (χ0) is 13.1. The van der Waals surface area contributed by atoms with Crippen LogP contribution in [0.2, 0.25) is 0 Å². The Kier molecular flexibility index (Phi) is 4.95. The molecule has 1 aliphatic rings. The molecule has 0 aromatic carbocycles. The molecule has 0 aromatic heterocycles. The van der Waals surface area contributed by atoms with Crippen molar-refractivity contribution in [1.82, 2.24) is 10.2 Å². The number of nitrogens with zero attached hydrogens (tertiary/aromatic N) is 1. The molecule has 1 atom stereocenters. The quantitative estimate of drug-likeness (QED) is 0.792. The van der Waals surface area contributed by atoms with E-state index in [2.05, 4.69) is 19.2 Å². The Bertz CT molecular complexity index is 258. The molecule has 1 amide bonds. The fourth-order valence-electron chi connectivity index (χ4n) is 2.11. The van der Waals surface area contributed by atoms with E-state index < -0.39 is 5.60 Å². The lowest BCUT2D eigenvalue weighted by Gasteiger charge is -2.35. The van der Waals surface area contributed by atoms with Gasteiger partial charge in [0.1, 0.15) is 5.60 Å². The molecule has 0 aromatic rings. The Morgan fingerprint density at radius 1 is 1.53 bits per heavy atom. The van der Waals surface area contributed by atoms with Crippen LogP contribution >= 0.6 is 0 Å². The summed E-state index contributed by atoms with van der Waals surface area (Å²) in [4.78, 5) is 14.3. The molecule has 4 heteroatoms. The summed E-state index contributed by atoms with van der Waals surface area (Å²) in [6, 6.07) is 0.647. The van der Waals surface area contributed by atoms with Crippen molar-refractivity contribution in [2.45, 2.75) is 58.2 Å². The molecule has 1 aliphatic heterocycles. The molecule has 0 saturated carbocycles. The van der Waals surface area contributed by atoms with Gasteiger partial charge in [0.05, 0.1) is 0 Å². The van der Waals surface area contributed by atoms with Crippen molar-refractivity contribution in [3.63, 3.8) is 0 Å². The van der Waals surface area contributed by atoms with Crippen LogP contribution < -0.4 is 5.32 Å². The number of carbonyl (C=O) groups excluding carboxylic acids is 1.